The largest absolute Gasteiger partial charge is 0.508 e. The summed E-state index contributed by atoms with van der Waals surface area (Å²) < 4.78 is 1.02. The summed E-state index contributed by atoms with van der Waals surface area (Å²) in [4.78, 5) is 0. The standard InChI is InChI=1S/C14H14BrNO2/c1-9(10-6-13(17)8-14(18)7-10)16-12-4-2-11(15)3-5-12/h2-9,16-18H,1H3. The molecule has 0 saturated carbocycles. The second-order valence-electron chi connectivity index (χ2n) is 4.16. The van der Waals surface area contributed by atoms with Crippen LogP contribution in [0.2, 0.25) is 0 Å². The highest BCUT2D eigenvalue weighted by molar-refractivity contribution is 9.10. The molecule has 3 N–H and O–H groups in total. The first kappa shape index (κ1) is 12.8. The van der Waals surface area contributed by atoms with Crippen LogP contribution < -0.4 is 5.32 Å². The maximum atomic E-state index is 9.45. The summed E-state index contributed by atoms with van der Waals surface area (Å²) in [6.45, 7) is 1.97. The van der Waals surface area contributed by atoms with Crippen LogP contribution in [0.4, 0.5) is 5.69 Å². The Morgan fingerprint density at radius 2 is 1.56 bits per heavy atom. The molecular weight excluding hydrogens is 294 g/mol. The number of benzene rings is 2. The van der Waals surface area contributed by atoms with Gasteiger partial charge in [0.1, 0.15) is 11.5 Å². The Hall–Kier alpha value is -1.68. The summed E-state index contributed by atoms with van der Waals surface area (Å²) in [6, 6.07) is 12.4. The van der Waals surface area contributed by atoms with Crippen LogP contribution in [0.15, 0.2) is 46.9 Å². The van der Waals surface area contributed by atoms with Crippen molar-refractivity contribution in [3.8, 4) is 11.5 Å². The van der Waals surface area contributed by atoms with Crippen molar-refractivity contribution in [2.75, 3.05) is 5.32 Å². The van der Waals surface area contributed by atoms with Crippen molar-refractivity contribution in [1.29, 1.82) is 0 Å². The molecular formula is C14H14BrNO2. The SMILES string of the molecule is CC(Nc1ccc(Br)cc1)c1cc(O)cc(O)c1. The fourth-order valence-corrected chi connectivity index (χ4v) is 2.01. The molecule has 0 amide bonds. The van der Waals surface area contributed by atoms with Crippen molar-refractivity contribution in [2.45, 2.75) is 13.0 Å². The second-order valence-corrected chi connectivity index (χ2v) is 5.07. The molecule has 3 nitrogen and oxygen atoms in total. The lowest BCUT2D eigenvalue weighted by molar-refractivity contribution is 0.448. The molecule has 2 rings (SSSR count). The normalized spacial score (nSPS) is 12.1. The molecule has 94 valence electrons. The molecule has 0 bridgehead atoms. The lowest BCUT2D eigenvalue weighted by atomic mass is 10.1. The zero-order valence-corrected chi connectivity index (χ0v) is 11.5. The van der Waals surface area contributed by atoms with Crippen molar-refractivity contribution in [1.82, 2.24) is 0 Å². The molecule has 0 aliphatic carbocycles. The Bertz CT molecular complexity index is 520. The summed E-state index contributed by atoms with van der Waals surface area (Å²) in [6.07, 6.45) is 0. The van der Waals surface area contributed by atoms with Gasteiger partial charge >= 0.3 is 0 Å². The molecule has 0 saturated heterocycles. The summed E-state index contributed by atoms with van der Waals surface area (Å²) in [5, 5.41) is 22.2. The predicted octanol–water partition coefficient (Wildman–Crippen LogP) is 4.03. The van der Waals surface area contributed by atoms with Crippen molar-refractivity contribution >= 4 is 21.6 Å². The van der Waals surface area contributed by atoms with Gasteiger partial charge in [0, 0.05) is 22.3 Å². The van der Waals surface area contributed by atoms with E-state index >= 15 is 0 Å². The van der Waals surface area contributed by atoms with E-state index in [1.165, 1.54) is 6.07 Å². The van der Waals surface area contributed by atoms with Gasteiger partial charge in [0.2, 0.25) is 0 Å². The van der Waals surface area contributed by atoms with Crippen LogP contribution in [0, 0.1) is 0 Å². The van der Waals surface area contributed by atoms with Crippen LogP contribution in [0.25, 0.3) is 0 Å². The lowest BCUT2D eigenvalue weighted by Crippen LogP contribution is -2.06. The average Bonchev–Trinajstić information content (AvgIpc) is 2.31. The Morgan fingerprint density at radius 3 is 2.11 bits per heavy atom. The zero-order chi connectivity index (χ0) is 13.1. The van der Waals surface area contributed by atoms with E-state index in [4.69, 9.17) is 0 Å². The third kappa shape index (κ3) is 3.17. The fourth-order valence-electron chi connectivity index (χ4n) is 1.75. The third-order valence-corrected chi connectivity index (χ3v) is 3.18. The minimum atomic E-state index is -0.0100. The Balaban J connectivity index is 2.16. The summed E-state index contributed by atoms with van der Waals surface area (Å²) in [7, 11) is 0. The summed E-state index contributed by atoms with van der Waals surface area (Å²) in [5.41, 5.74) is 1.81. The molecule has 0 heterocycles. The van der Waals surface area contributed by atoms with Crippen LogP contribution in [-0.2, 0) is 0 Å². The van der Waals surface area contributed by atoms with Crippen molar-refractivity contribution in [3.63, 3.8) is 0 Å². The van der Waals surface area contributed by atoms with E-state index in [-0.39, 0.29) is 17.5 Å². The van der Waals surface area contributed by atoms with Crippen LogP contribution in [-0.4, -0.2) is 10.2 Å². The van der Waals surface area contributed by atoms with Gasteiger partial charge in [-0.2, -0.15) is 0 Å². The molecule has 0 radical (unpaired) electrons. The molecule has 0 spiro atoms. The van der Waals surface area contributed by atoms with Crippen molar-refractivity contribution in [3.05, 3.63) is 52.5 Å². The number of aromatic hydroxyl groups is 2. The zero-order valence-electron chi connectivity index (χ0n) is 9.89. The van der Waals surface area contributed by atoms with Gasteiger partial charge in [-0.25, -0.2) is 0 Å². The fraction of sp³-hybridized carbons (Fsp3) is 0.143. The molecule has 1 unspecified atom stereocenters. The first-order valence-corrected chi connectivity index (χ1v) is 6.39. The highest BCUT2D eigenvalue weighted by Gasteiger charge is 2.08. The van der Waals surface area contributed by atoms with Crippen LogP contribution in [0.1, 0.15) is 18.5 Å². The molecule has 0 fully saturated rings. The molecule has 1 atom stereocenters. The maximum Gasteiger partial charge on any atom is 0.119 e. The number of hydrogen-bond acceptors (Lipinski definition) is 3. The van der Waals surface area contributed by atoms with Gasteiger partial charge in [-0.1, -0.05) is 15.9 Å². The summed E-state index contributed by atoms with van der Waals surface area (Å²) >= 11 is 3.38. The topological polar surface area (TPSA) is 52.5 Å². The average molecular weight is 308 g/mol. The van der Waals surface area contributed by atoms with E-state index in [1.54, 1.807) is 12.1 Å². The van der Waals surface area contributed by atoms with Gasteiger partial charge in [0.15, 0.2) is 0 Å². The Morgan fingerprint density at radius 1 is 1.00 bits per heavy atom. The van der Waals surface area contributed by atoms with E-state index < -0.39 is 0 Å². The quantitative estimate of drug-likeness (QED) is 0.802. The van der Waals surface area contributed by atoms with E-state index in [2.05, 4.69) is 21.2 Å². The number of rotatable bonds is 3. The monoisotopic (exact) mass is 307 g/mol. The second kappa shape index (κ2) is 5.31. The van der Waals surface area contributed by atoms with E-state index in [0.717, 1.165) is 15.7 Å². The van der Waals surface area contributed by atoms with Gasteiger partial charge in [-0.15, -0.1) is 0 Å². The highest BCUT2D eigenvalue weighted by Crippen LogP contribution is 2.27. The van der Waals surface area contributed by atoms with E-state index in [0.29, 0.717) is 0 Å². The van der Waals surface area contributed by atoms with E-state index in [1.807, 2.05) is 31.2 Å². The predicted molar refractivity (Wildman–Crippen MR) is 76.0 cm³/mol. The molecule has 0 aromatic heterocycles. The third-order valence-electron chi connectivity index (χ3n) is 2.65. The Kier molecular flexibility index (Phi) is 3.77. The number of nitrogens with one attached hydrogen (secondary N) is 1. The smallest absolute Gasteiger partial charge is 0.119 e. The number of hydrogen-bond donors (Lipinski definition) is 3. The van der Waals surface area contributed by atoms with Crippen LogP contribution >= 0.6 is 15.9 Å². The van der Waals surface area contributed by atoms with Gasteiger partial charge in [0.05, 0.1) is 0 Å². The molecule has 4 heteroatoms. The van der Waals surface area contributed by atoms with Crippen LogP contribution in [0.5, 0.6) is 11.5 Å². The van der Waals surface area contributed by atoms with Gasteiger partial charge in [-0.05, 0) is 48.9 Å². The minimum Gasteiger partial charge on any atom is -0.508 e. The van der Waals surface area contributed by atoms with Gasteiger partial charge in [0.25, 0.3) is 0 Å². The molecule has 0 aliphatic rings. The lowest BCUT2D eigenvalue weighted by Gasteiger charge is -2.16. The Labute approximate surface area is 114 Å². The van der Waals surface area contributed by atoms with Gasteiger partial charge < -0.3 is 15.5 Å². The first-order valence-electron chi connectivity index (χ1n) is 5.59. The van der Waals surface area contributed by atoms with Crippen LogP contribution in [0.3, 0.4) is 0 Å². The number of halogens is 1. The minimum absolute atomic E-state index is 0.0100. The van der Waals surface area contributed by atoms with Crippen molar-refractivity contribution in [2.24, 2.45) is 0 Å². The van der Waals surface area contributed by atoms with Crippen molar-refractivity contribution < 1.29 is 10.2 Å². The number of phenolic OH excluding ortho intramolecular Hbond substituents is 2. The molecule has 2 aromatic carbocycles. The molecule has 0 aliphatic heterocycles. The maximum absolute atomic E-state index is 9.45. The molecule has 18 heavy (non-hydrogen) atoms. The van der Waals surface area contributed by atoms with Gasteiger partial charge in [-0.3, -0.25) is 0 Å². The first-order chi connectivity index (χ1) is 8.54. The number of phenols is 2. The van der Waals surface area contributed by atoms with E-state index in [9.17, 15) is 10.2 Å². The highest BCUT2D eigenvalue weighted by atomic mass is 79.9. The number of anilines is 1. The molecule has 2 aromatic rings. The summed E-state index contributed by atoms with van der Waals surface area (Å²) in [5.74, 6) is 0.129.